The molecule has 0 bridgehead atoms. The number of rotatable bonds is 10. The highest BCUT2D eigenvalue weighted by atomic mass is 16.4. The Morgan fingerprint density at radius 2 is 1.54 bits per heavy atom. The van der Waals surface area contributed by atoms with E-state index in [1.165, 1.54) is 11.3 Å². The zero-order chi connectivity index (χ0) is 18.1. The van der Waals surface area contributed by atoms with E-state index >= 15 is 0 Å². The first-order valence-electron chi connectivity index (χ1n) is 8.62. The van der Waals surface area contributed by atoms with Gasteiger partial charge >= 0.3 is 0 Å². The molecule has 1 saturated carbocycles. The molecular formula is C16H31NO7. The van der Waals surface area contributed by atoms with Gasteiger partial charge in [-0.1, -0.05) is 19.3 Å². The van der Waals surface area contributed by atoms with Crippen molar-refractivity contribution in [1.82, 2.24) is 4.90 Å². The van der Waals surface area contributed by atoms with Crippen LogP contribution in [0.4, 0.5) is 0 Å². The molecule has 8 nitrogen and oxygen atoms in total. The van der Waals surface area contributed by atoms with Crippen LogP contribution in [0.3, 0.4) is 0 Å². The van der Waals surface area contributed by atoms with E-state index in [9.17, 15) is 25.2 Å². The fourth-order valence-corrected chi connectivity index (χ4v) is 3.10. The minimum atomic E-state index is -1.73. The fourth-order valence-electron chi connectivity index (χ4n) is 3.10. The summed E-state index contributed by atoms with van der Waals surface area (Å²) in [5.41, 5.74) is 0. The van der Waals surface area contributed by atoms with Crippen LogP contribution >= 0.6 is 0 Å². The second-order valence-corrected chi connectivity index (χ2v) is 6.57. The molecule has 0 aliphatic heterocycles. The van der Waals surface area contributed by atoms with Crippen molar-refractivity contribution in [1.29, 1.82) is 0 Å². The number of aliphatic hydroxyl groups is 6. The molecule has 8 heteroatoms. The van der Waals surface area contributed by atoms with E-state index in [2.05, 4.69) is 0 Å². The van der Waals surface area contributed by atoms with E-state index in [4.69, 9.17) is 10.2 Å². The van der Waals surface area contributed by atoms with Crippen molar-refractivity contribution in [2.24, 2.45) is 5.92 Å². The Morgan fingerprint density at radius 1 is 0.958 bits per heavy atom. The van der Waals surface area contributed by atoms with Crippen molar-refractivity contribution in [2.45, 2.75) is 62.9 Å². The quantitative estimate of drug-likeness (QED) is 0.274. The average molecular weight is 349 g/mol. The van der Waals surface area contributed by atoms with Crippen LogP contribution in [0.1, 0.15) is 38.5 Å². The highest BCUT2D eigenvalue weighted by Gasteiger charge is 2.32. The van der Waals surface area contributed by atoms with Gasteiger partial charge in [-0.25, -0.2) is 0 Å². The van der Waals surface area contributed by atoms with E-state index in [0.29, 0.717) is 12.3 Å². The molecule has 0 aromatic rings. The van der Waals surface area contributed by atoms with Gasteiger partial charge in [0, 0.05) is 19.5 Å². The van der Waals surface area contributed by atoms with Gasteiger partial charge in [0.25, 0.3) is 0 Å². The zero-order valence-corrected chi connectivity index (χ0v) is 14.0. The first-order valence-corrected chi connectivity index (χ1v) is 8.62. The average Bonchev–Trinajstić information content (AvgIpc) is 2.59. The van der Waals surface area contributed by atoms with Crippen LogP contribution < -0.4 is 0 Å². The molecule has 6 N–H and O–H groups in total. The second kappa shape index (κ2) is 11.0. The van der Waals surface area contributed by atoms with Crippen molar-refractivity contribution >= 4 is 5.91 Å². The third-order valence-electron chi connectivity index (χ3n) is 4.64. The Labute approximate surface area is 142 Å². The van der Waals surface area contributed by atoms with Gasteiger partial charge in [0.1, 0.15) is 24.4 Å². The van der Waals surface area contributed by atoms with Gasteiger partial charge in [-0.2, -0.15) is 0 Å². The molecule has 142 valence electrons. The number of nitrogens with zero attached hydrogens (tertiary/aromatic N) is 1. The van der Waals surface area contributed by atoms with E-state index in [1.807, 2.05) is 0 Å². The Bertz CT molecular complexity index is 362. The van der Waals surface area contributed by atoms with Crippen LogP contribution in [0.15, 0.2) is 0 Å². The summed E-state index contributed by atoms with van der Waals surface area (Å²) in [5.74, 6) is 0.0932. The largest absolute Gasteiger partial charge is 0.395 e. The lowest BCUT2D eigenvalue weighted by molar-refractivity contribution is -0.141. The SMILES string of the molecule is O=C(CC1CCCCC1)N(CCO)C[C@@H](O)[C@@H](O)[C@@H](O)[C@@H](O)CO. The van der Waals surface area contributed by atoms with Gasteiger partial charge in [0.05, 0.1) is 13.2 Å². The van der Waals surface area contributed by atoms with Gasteiger partial charge < -0.3 is 35.5 Å². The minimum absolute atomic E-state index is 0.0218. The number of hydrogen-bond donors (Lipinski definition) is 6. The molecule has 24 heavy (non-hydrogen) atoms. The van der Waals surface area contributed by atoms with E-state index in [-0.39, 0.29) is 25.6 Å². The van der Waals surface area contributed by atoms with Crippen LogP contribution in [-0.2, 0) is 4.79 Å². The van der Waals surface area contributed by atoms with Gasteiger partial charge in [-0.3, -0.25) is 4.79 Å². The monoisotopic (exact) mass is 349 g/mol. The van der Waals surface area contributed by atoms with E-state index < -0.39 is 31.0 Å². The Balaban J connectivity index is 2.57. The van der Waals surface area contributed by atoms with Crippen LogP contribution in [0.2, 0.25) is 0 Å². The second-order valence-electron chi connectivity index (χ2n) is 6.57. The molecular weight excluding hydrogens is 318 g/mol. The van der Waals surface area contributed by atoms with Crippen LogP contribution in [0.5, 0.6) is 0 Å². The maximum absolute atomic E-state index is 12.4. The molecule has 0 spiro atoms. The third kappa shape index (κ3) is 6.62. The highest BCUT2D eigenvalue weighted by Crippen LogP contribution is 2.26. The minimum Gasteiger partial charge on any atom is -0.395 e. The summed E-state index contributed by atoms with van der Waals surface area (Å²) in [7, 11) is 0. The maximum Gasteiger partial charge on any atom is 0.223 e. The number of carbonyl (C=O) groups excluding carboxylic acids is 1. The Hall–Kier alpha value is -0.770. The molecule has 0 aromatic heterocycles. The van der Waals surface area contributed by atoms with Gasteiger partial charge in [-0.15, -0.1) is 0 Å². The fraction of sp³-hybridized carbons (Fsp3) is 0.938. The molecule has 1 aliphatic carbocycles. The molecule has 4 atom stereocenters. The van der Waals surface area contributed by atoms with Crippen LogP contribution in [-0.4, -0.2) is 92.2 Å². The summed E-state index contributed by atoms with van der Waals surface area (Å²) in [6.45, 7) is -1.27. The molecule has 0 unspecified atom stereocenters. The maximum atomic E-state index is 12.4. The van der Waals surface area contributed by atoms with Crippen molar-refractivity contribution in [3.05, 3.63) is 0 Å². The molecule has 0 saturated heterocycles. The summed E-state index contributed by atoms with van der Waals surface area (Å²) in [5, 5.41) is 56.7. The Kier molecular flexibility index (Phi) is 9.72. The van der Waals surface area contributed by atoms with Crippen molar-refractivity contribution in [2.75, 3.05) is 26.3 Å². The molecule has 0 radical (unpaired) electrons. The predicted molar refractivity (Wildman–Crippen MR) is 86.0 cm³/mol. The predicted octanol–water partition coefficient (Wildman–Crippen LogP) is -1.79. The molecule has 1 rings (SSSR count). The molecule has 1 amide bonds. The van der Waals surface area contributed by atoms with Crippen LogP contribution in [0.25, 0.3) is 0 Å². The zero-order valence-electron chi connectivity index (χ0n) is 14.0. The topological polar surface area (TPSA) is 142 Å². The highest BCUT2D eigenvalue weighted by molar-refractivity contribution is 5.76. The lowest BCUT2D eigenvalue weighted by atomic mass is 9.86. The number of hydrogen-bond acceptors (Lipinski definition) is 7. The van der Waals surface area contributed by atoms with Gasteiger partial charge in [-0.05, 0) is 18.8 Å². The molecule has 0 aromatic carbocycles. The standard InChI is InChI=1S/C16H31NO7/c18-7-6-17(14(22)8-11-4-2-1-3-5-11)9-12(20)15(23)16(24)13(21)10-19/h11-13,15-16,18-21,23-24H,1-10H2/t12-,13+,15-,16+/m1/s1. The summed E-state index contributed by atoms with van der Waals surface area (Å²) >= 11 is 0. The summed E-state index contributed by atoms with van der Waals surface area (Å²) in [6, 6.07) is 0. The first kappa shape index (κ1) is 21.3. The molecule has 1 aliphatic rings. The number of carbonyl (C=O) groups is 1. The lowest BCUT2D eigenvalue weighted by Crippen LogP contribution is -2.51. The summed E-state index contributed by atoms with van der Waals surface area (Å²) < 4.78 is 0. The first-order chi connectivity index (χ1) is 11.4. The normalized spacial score (nSPS) is 21.1. The lowest BCUT2D eigenvalue weighted by Gasteiger charge is -2.31. The smallest absolute Gasteiger partial charge is 0.223 e. The molecule has 1 fully saturated rings. The molecule has 0 heterocycles. The Morgan fingerprint density at radius 3 is 2.08 bits per heavy atom. The summed E-state index contributed by atoms with van der Waals surface area (Å²) in [6.07, 6.45) is -0.815. The third-order valence-corrected chi connectivity index (χ3v) is 4.64. The number of amides is 1. The summed E-state index contributed by atoms with van der Waals surface area (Å²) in [4.78, 5) is 13.7. The van der Waals surface area contributed by atoms with E-state index in [0.717, 1.165) is 25.7 Å². The van der Waals surface area contributed by atoms with Crippen molar-refractivity contribution in [3.8, 4) is 0 Å². The van der Waals surface area contributed by atoms with Gasteiger partial charge in [0.15, 0.2) is 0 Å². The number of aliphatic hydroxyl groups excluding tert-OH is 6. The van der Waals surface area contributed by atoms with Crippen molar-refractivity contribution < 1.29 is 35.4 Å². The van der Waals surface area contributed by atoms with Crippen LogP contribution in [0, 0.1) is 5.92 Å². The van der Waals surface area contributed by atoms with E-state index in [1.54, 1.807) is 0 Å². The van der Waals surface area contributed by atoms with Crippen molar-refractivity contribution in [3.63, 3.8) is 0 Å². The van der Waals surface area contributed by atoms with Gasteiger partial charge in [0.2, 0.25) is 5.91 Å².